The van der Waals surface area contributed by atoms with E-state index >= 15 is 0 Å². The Balaban J connectivity index is 1.30. The van der Waals surface area contributed by atoms with E-state index in [1.807, 2.05) is 28.8 Å². The average molecular weight is 495 g/mol. The summed E-state index contributed by atoms with van der Waals surface area (Å²) in [6.07, 6.45) is 12.5. The van der Waals surface area contributed by atoms with Gasteiger partial charge in [-0.05, 0) is 50.7 Å². The molecule has 2 unspecified atom stereocenters. The minimum absolute atomic E-state index is 0.0406. The van der Waals surface area contributed by atoms with Crippen molar-refractivity contribution in [2.75, 3.05) is 13.6 Å². The summed E-state index contributed by atoms with van der Waals surface area (Å²) < 4.78 is 6.93. The fraction of sp³-hybridized carbons (Fsp3) is 0.679. The van der Waals surface area contributed by atoms with Crippen LogP contribution in [-0.2, 0) is 4.74 Å². The van der Waals surface area contributed by atoms with Gasteiger partial charge in [0.25, 0.3) is 11.5 Å². The minimum Gasteiger partial charge on any atom is -0.366 e. The Morgan fingerprint density at radius 2 is 1.64 bits per heavy atom. The molecule has 4 fully saturated rings. The molecule has 1 aromatic heterocycles. The normalized spacial score (nSPS) is 31.2. The van der Waals surface area contributed by atoms with Gasteiger partial charge in [-0.3, -0.25) is 14.5 Å². The maximum Gasteiger partial charge on any atom is 0.282 e. The number of piperidine rings is 1. The number of rotatable bonds is 5. The van der Waals surface area contributed by atoms with Crippen LogP contribution in [0.25, 0.3) is 11.0 Å². The highest BCUT2D eigenvalue weighted by atomic mass is 16.7. The molecule has 1 aliphatic carbocycles. The van der Waals surface area contributed by atoms with Gasteiger partial charge in [0.15, 0.2) is 12.0 Å². The van der Waals surface area contributed by atoms with Gasteiger partial charge in [-0.15, -0.1) is 0 Å². The molecule has 4 heterocycles. The van der Waals surface area contributed by atoms with E-state index in [9.17, 15) is 14.7 Å². The van der Waals surface area contributed by atoms with Crippen LogP contribution in [0.1, 0.15) is 87.2 Å². The first kappa shape index (κ1) is 24.1. The lowest BCUT2D eigenvalue weighted by molar-refractivity contribution is 0.0496. The van der Waals surface area contributed by atoms with E-state index in [0.717, 1.165) is 18.4 Å². The molecule has 3 saturated heterocycles. The zero-order valence-electron chi connectivity index (χ0n) is 21.2. The Morgan fingerprint density at radius 1 is 1.00 bits per heavy atom. The zero-order valence-corrected chi connectivity index (χ0v) is 21.2. The molecule has 5 atom stereocenters. The number of amides is 1. The number of likely N-dealkylation sites (N-methyl/N-ethyl adjacent to an activating group) is 1. The van der Waals surface area contributed by atoms with Gasteiger partial charge in [0.2, 0.25) is 0 Å². The van der Waals surface area contributed by atoms with Gasteiger partial charge >= 0.3 is 0 Å². The second-order valence-corrected chi connectivity index (χ2v) is 11.3. The van der Waals surface area contributed by atoms with Gasteiger partial charge in [0.1, 0.15) is 6.10 Å². The molecule has 1 saturated carbocycles. The highest BCUT2D eigenvalue weighted by molar-refractivity contribution is 5.93. The van der Waals surface area contributed by atoms with Crippen LogP contribution >= 0.6 is 0 Å². The predicted octanol–water partition coefficient (Wildman–Crippen LogP) is 3.47. The van der Waals surface area contributed by atoms with Crippen molar-refractivity contribution in [2.45, 2.75) is 107 Å². The summed E-state index contributed by atoms with van der Waals surface area (Å²) in [5, 5.41) is 9.49. The third kappa shape index (κ3) is 4.48. The number of ether oxygens (including phenoxy) is 1. The lowest BCUT2D eigenvalue weighted by Crippen LogP contribution is -2.50. The fourth-order valence-electron chi connectivity index (χ4n) is 7.18. The molecule has 6 rings (SSSR count). The van der Waals surface area contributed by atoms with Crippen molar-refractivity contribution in [2.24, 2.45) is 0 Å². The van der Waals surface area contributed by atoms with Crippen LogP contribution in [0.3, 0.4) is 0 Å². The van der Waals surface area contributed by atoms with Crippen molar-refractivity contribution in [1.29, 1.82) is 0 Å². The Morgan fingerprint density at radius 3 is 2.31 bits per heavy atom. The molecule has 1 aromatic carbocycles. The van der Waals surface area contributed by atoms with Crippen molar-refractivity contribution in [3.05, 3.63) is 40.3 Å². The third-order valence-corrected chi connectivity index (χ3v) is 8.98. The molecule has 3 aliphatic heterocycles. The summed E-state index contributed by atoms with van der Waals surface area (Å²) in [5.41, 5.74) is 1.14. The van der Waals surface area contributed by atoms with E-state index in [1.54, 1.807) is 7.05 Å². The topological polar surface area (TPSA) is 91.2 Å². The maximum atomic E-state index is 13.9. The number of hydrogen-bond acceptors (Lipinski definition) is 6. The van der Waals surface area contributed by atoms with Crippen LogP contribution in [0.4, 0.5) is 0 Å². The summed E-state index contributed by atoms with van der Waals surface area (Å²) in [6, 6.07) is 9.45. The number of aromatic nitrogens is 2. The van der Waals surface area contributed by atoms with Gasteiger partial charge in [0, 0.05) is 31.2 Å². The number of carbonyl (C=O) groups excluding carboxylic acids is 1. The Labute approximate surface area is 212 Å². The van der Waals surface area contributed by atoms with Gasteiger partial charge in [0.05, 0.1) is 17.6 Å². The molecule has 194 valence electrons. The van der Waals surface area contributed by atoms with E-state index in [2.05, 4.69) is 9.88 Å². The van der Waals surface area contributed by atoms with Crippen molar-refractivity contribution >= 4 is 16.9 Å². The van der Waals surface area contributed by atoms with Crippen molar-refractivity contribution in [3.63, 3.8) is 0 Å². The standard InChI is InChI=1S/C28H38N4O4/c1-30(17-24-28(35)36-24)26(33)25-27(34)32(23-12-8-7-11-22(23)29-25)21-15-19-13-14-20(16-21)31(19)18-9-5-3-2-4-6-10-18/h7-8,11-12,18-21,24,28,35H,2-6,9-10,13-17H2,1H3/t19-,20+,21+,24?,28?. The number of epoxide rings is 1. The largest absolute Gasteiger partial charge is 0.366 e. The molecule has 0 spiro atoms. The molecular formula is C28H38N4O4. The van der Waals surface area contributed by atoms with Crippen LogP contribution < -0.4 is 5.56 Å². The Kier molecular flexibility index (Phi) is 6.60. The molecule has 8 heteroatoms. The number of aliphatic hydroxyl groups excluding tert-OH is 1. The van der Waals surface area contributed by atoms with E-state index in [1.165, 1.54) is 62.7 Å². The Bertz CT molecular complexity index is 1160. The number of fused-ring (bicyclic) bond motifs is 3. The quantitative estimate of drug-likeness (QED) is 0.640. The van der Waals surface area contributed by atoms with Gasteiger partial charge < -0.3 is 19.3 Å². The second kappa shape index (κ2) is 9.88. The minimum atomic E-state index is -0.833. The van der Waals surface area contributed by atoms with Crippen LogP contribution in [0, 0.1) is 0 Å². The second-order valence-electron chi connectivity index (χ2n) is 11.3. The SMILES string of the molecule is CN(CC1OC1O)C(=O)c1nc2ccccc2n([C@H]2C[C@H]3CC[C@@H](C2)N3C2CCCCCCC2)c1=O. The van der Waals surface area contributed by atoms with Gasteiger partial charge in [-0.25, -0.2) is 4.98 Å². The van der Waals surface area contributed by atoms with E-state index in [0.29, 0.717) is 23.6 Å². The molecular weight excluding hydrogens is 456 g/mol. The predicted molar refractivity (Wildman–Crippen MR) is 137 cm³/mol. The van der Waals surface area contributed by atoms with E-state index in [4.69, 9.17) is 4.74 Å². The smallest absolute Gasteiger partial charge is 0.282 e. The maximum absolute atomic E-state index is 13.9. The number of hydrogen-bond donors (Lipinski definition) is 1. The van der Waals surface area contributed by atoms with Crippen LogP contribution in [-0.4, -0.2) is 74.5 Å². The molecule has 4 aliphatic rings. The number of benzene rings is 1. The first-order valence-electron chi connectivity index (χ1n) is 13.9. The average Bonchev–Trinajstić information content (AvgIpc) is 3.48. The fourth-order valence-corrected chi connectivity index (χ4v) is 7.18. The van der Waals surface area contributed by atoms with Crippen molar-refractivity contribution in [1.82, 2.24) is 19.4 Å². The molecule has 0 radical (unpaired) electrons. The van der Waals surface area contributed by atoms with Crippen LogP contribution in [0.15, 0.2) is 29.1 Å². The zero-order chi connectivity index (χ0) is 24.8. The summed E-state index contributed by atoms with van der Waals surface area (Å²) in [6.45, 7) is 0.234. The van der Waals surface area contributed by atoms with Crippen LogP contribution in [0.5, 0.6) is 0 Å². The molecule has 1 amide bonds. The Hall–Kier alpha value is -2.29. The number of nitrogens with zero attached hydrogens (tertiary/aromatic N) is 4. The molecule has 2 aromatic rings. The van der Waals surface area contributed by atoms with Gasteiger partial charge in [-0.1, -0.05) is 44.2 Å². The number of carbonyl (C=O) groups is 1. The number of aliphatic hydroxyl groups is 1. The molecule has 8 nitrogen and oxygen atoms in total. The highest BCUT2D eigenvalue weighted by Gasteiger charge is 2.45. The highest BCUT2D eigenvalue weighted by Crippen LogP contribution is 2.44. The monoisotopic (exact) mass is 494 g/mol. The lowest BCUT2D eigenvalue weighted by Gasteiger charge is -2.45. The first-order chi connectivity index (χ1) is 17.5. The first-order valence-corrected chi connectivity index (χ1v) is 13.9. The summed E-state index contributed by atoms with van der Waals surface area (Å²) in [5.74, 6) is -0.419. The molecule has 1 N–H and O–H groups in total. The summed E-state index contributed by atoms with van der Waals surface area (Å²) >= 11 is 0. The third-order valence-electron chi connectivity index (χ3n) is 8.98. The summed E-state index contributed by atoms with van der Waals surface area (Å²) in [7, 11) is 1.63. The van der Waals surface area contributed by atoms with E-state index < -0.39 is 18.3 Å². The van der Waals surface area contributed by atoms with Gasteiger partial charge in [-0.2, -0.15) is 0 Å². The molecule has 2 bridgehead atoms. The molecule has 36 heavy (non-hydrogen) atoms. The summed E-state index contributed by atoms with van der Waals surface area (Å²) in [4.78, 5) is 35.9. The van der Waals surface area contributed by atoms with Crippen molar-refractivity contribution in [3.8, 4) is 0 Å². The van der Waals surface area contributed by atoms with Crippen LogP contribution in [0.2, 0.25) is 0 Å². The lowest BCUT2D eigenvalue weighted by atomic mass is 9.89. The van der Waals surface area contributed by atoms with Crippen molar-refractivity contribution < 1.29 is 14.6 Å². The van der Waals surface area contributed by atoms with E-state index in [-0.39, 0.29) is 23.8 Å². The number of para-hydroxylation sites is 2.